The van der Waals surface area contributed by atoms with Gasteiger partial charge in [0.2, 0.25) is 11.7 Å². The molecule has 1 amide bonds. The van der Waals surface area contributed by atoms with Gasteiger partial charge < -0.3 is 19.1 Å². The molecule has 1 aliphatic rings. The van der Waals surface area contributed by atoms with Crippen molar-refractivity contribution in [3.05, 3.63) is 53.1 Å². The van der Waals surface area contributed by atoms with Crippen LogP contribution in [0.3, 0.4) is 0 Å². The van der Waals surface area contributed by atoms with Gasteiger partial charge in [-0.15, -0.1) is 0 Å². The lowest BCUT2D eigenvalue weighted by atomic mass is 10.0. The van der Waals surface area contributed by atoms with Crippen LogP contribution in [-0.4, -0.2) is 38.2 Å². The maximum absolute atomic E-state index is 13.2. The van der Waals surface area contributed by atoms with Gasteiger partial charge in [-0.2, -0.15) is 0 Å². The van der Waals surface area contributed by atoms with Gasteiger partial charge in [-0.3, -0.25) is 4.79 Å². The Hall–Kier alpha value is -2.69. The van der Waals surface area contributed by atoms with E-state index in [0.717, 1.165) is 24.0 Å². The van der Waals surface area contributed by atoms with Gasteiger partial charge in [0.05, 0.1) is 27.8 Å². The molecule has 1 fully saturated rings. The van der Waals surface area contributed by atoms with Crippen molar-refractivity contribution in [3.63, 3.8) is 0 Å². The topological polar surface area (TPSA) is 48.0 Å². The Morgan fingerprint density at radius 1 is 0.966 bits per heavy atom. The van der Waals surface area contributed by atoms with E-state index in [1.807, 2.05) is 17.0 Å². The summed E-state index contributed by atoms with van der Waals surface area (Å²) in [6, 6.07) is 12.6. The van der Waals surface area contributed by atoms with Crippen molar-refractivity contribution in [2.45, 2.75) is 51.6 Å². The first-order chi connectivity index (χ1) is 14.0. The molecule has 0 radical (unpaired) electrons. The summed E-state index contributed by atoms with van der Waals surface area (Å²) in [6.07, 6.45) is 2.40. The molecule has 0 aromatic heterocycles. The number of ether oxygens (including phenoxy) is 3. The summed E-state index contributed by atoms with van der Waals surface area (Å²) in [5, 5.41) is 0. The number of benzene rings is 2. The fourth-order valence-corrected chi connectivity index (χ4v) is 3.58. The molecule has 0 unspecified atom stereocenters. The minimum absolute atomic E-state index is 0.103. The van der Waals surface area contributed by atoms with Crippen molar-refractivity contribution in [3.8, 4) is 17.2 Å². The zero-order valence-electron chi connectivity index (χ0n) is 18.0. The van der Waals surface area contributed by atoms with Gasteiger partial charge in [-0.05, 0) is 36.0 Å². The van der Waals surface area contributed by atoms with Crippen molar-refractivity contribution in [1.29, 1.82) is 0 Å². The second kappa shape index (κ2) is 9.21. The van der Waals surface area contributed by atoms with Gasteiger partial charge in [0, 0.05) is 18.2 Å². The molecular formula is C24H31NO4. The van der Waals surface area contributed by atoms with Crippen LogP contribution in [0.25, 0.3) is 0 Å². The molecule has 3 rings (SSSR count). The van der Waals surface area contributed by atoms with E-state index in [1.54, 1.807) is 21.3 Å². The fourth-order valence-electron chi connectivity index (χ4n) is 3.58. The molecule has 2 aromatic rings. The number of carbonyl (C=O) groups excluding carboxylic acids is 1. The highest BCUT2D eigenvalue weighted by Crippen LogP contribution is 2.40. The average Bonchev–Trinajstić information content (AvgIpc) is 3.56. The molecule has 0 spiro atoms. The van der Waals surface area contributed by atoms with Crippen molar-refractivity contribution in [2.24, 2.45) is 0 Å². The maximum atomic E-state index is 13.2. The number of nitrogens with zero attached hydrogens (tertiary/aromatic N) is 1. The molecule has 2 aromatic carbocycles. The Morgan fingerprint density at radius 3 is 2.14 bits per heavy atom. The van der Waals surface area contributed by atoms with Crippen LogP contribution in [0, 0.1) is 0 Å². The van der Waals surface area contributed by atoms with E-state index in [2.05, 4.69) is 38.1 Å². The summed E-state index contributed by atoms with van der Waals surface area (Å²) < 4.78 is 16.3. The Morgan fingerprint density at radius 2 is 1.62 bits per heavy atom. The van der Waals surface area contributed by atoms with Crippen LogP contribution in [-0.2, 0) is 17.8 Å². The van der Waals surface area contributed by atoms with Gasteiger partial charge in [0.15, 0.2) is 11.5 Å². The Kier molecular flexibility index (Phi) is 6.68. The second-order valence-electron chi connectivity index (χ2n) is 7.82. The van der Waals surface area contributed by atoms with Gasteiger partial charge >= 0.3 is 0 Å². The Balaban J connectivity index is 1.78. The van der Waals surface area contributed by atoms with E-state index in [0.29, 0.717) is 35.8 Å². The molecule has 0 N–H and O–H groups in total. The predicted octanol–water partition coefficient (Wildman–Crippen LogP) is 4.57. The minimum atomic E-state index is 0.103. The standard InChI is InChI=1S/C24H31NO4/c1-16(2)18-8-6-17(7-9-18)15-25(20-11-12-20)22(26)14-19-10-13-21(27-3)24(29-5)23(19)28-4/h6-10,13,16,20H,11-12,14-15H2,1-5H3. The van der Waals surface area contributed by atoms with E-state index in [-0.39, 0.29) is 12.3 Å². The molecule has 0 bridgehead atoms. The van der Waals surface area contributed by atoms with Crippen molar-refractivity contribution < 1.29 is 19.0 Å². The predicted molar refractivity (Wildman–Crippen MR) is 114 cm³/mol. The van der Waals surface area contributed by atoms with E-state index in [1.165, 1.54) is 5.56 Å². The molecule has 29 heavy (non-hydrogen) atoms. The number of methoxy groups -OCH3 is 3. The third kappa shape index (κ3) is 4.84. The van der Waals surface area contributed by atoms with Gasteiger partial charge in [0.25, 0.3) is 0 Å². The summed E-state index contributed by atoms with van der Waals surface area (Å²) in [5.41, 5.74) is 3.28. The zero-order valence-corrected chi connectivity index (χ0v) is 18.0. The van der Waals surface area contributed by atoms with Crippen LogP contribution < -0.4 is 14.2 Å². The minimum Gasteiger partial charge on any atom is -0.493 e. The van der Waals surface area contributed by atoms with E-state index in [4.69, 9.17) is 14.2 Å². The van der Waals surface area contributed by atoms with Crippen LogP contribution in [0.1, 0.15) is 49.3 Å². The second-order valence-corrected chi connectivity index (χ2v) is 7.82. The van der Waals surface area contributed by atoms with Gasteiger partial charge in [-0.25, -0.2) is 0 Å². The first kappa shape index (κ1) is 21.0. The first-order valence-corrected chi connectivity index (χ1v) is 10.1. The van der Waals surface area contributed by atoms with E-state index >= 15 is 0 Å². The number of carbonyl (C=O) groups is 1. The SMILES string of the molecule is COc1ccc(CC(=O)N(Cc2ccc(C(C)C)cc2)C2CC2)c(OC)c1OC. The quantitative estimate of drug-likeness (QED) is 0.622. The number of amides is 1. The highest BCUT2D eigenvalue weighted by molar-refractivity contribution is 5.81. The van der Waals surface area contributed by atoms with Crippen LogP contribution >= 0.6 is 0 Å². The monoisotopic (exact) mass is 397 g/mol. The molecular weight excluding hydrogens is 366 g/mol. The molecule has 1 saturated carbocycles. The third-order valence-corrected chi connectivity index (χ3v) is 5.43. The number of hydrogen-bond donors (Lipinski definition) is 0. The Bertz CT molecular complexity index is 841. The average molecular weight is 398 g/mol. The lowest BCUT2D eigenvalue weighted by Gasteiger charge is -2.24. The Labute approximate surface area is 173 Å². The van der Waals surface area contributed by atoms with Gasteiger partial charge in [0.1, 0.15) is 0 Å². The molecule has 5 heteroatoms. The molecule has 1 aliphatic carbocycles. The summed E-state index contributed by atoms with van der Waals surface area (Å²) in [5.74, 6) is 2.26. The van der Waals surface area contributed by atoms with Crippen LogP contribution in [0.4, 0.5) is 0 Å². The highest BCUT2D eigenvalue weighted by Gasteiger charge is 2.33. The molecule has 0 atom stereocenters. The van der Waals surface area contributed by atoms with E-state index in [9.17, 15) is 4.79 Å². The normalized spacial score (nSPS) is 13.3. The van der Waals surface area contributed by atoms with Crippen molar-refractivity contribution in [2.75, 3.05) is 21.3 Å². The summed E-state index contributed by atoms with van der Waals surface area (Å²) in [7, 11) is 4.74. The summed E-state index contributed by atoms with van der Waals surface area (Å²) >= 11 is 0. The maximum Gasteiger partial charge on any atom is 0.227 e. The molecule has 5 nitrogen and oxygen atoms in total. The molecule has 156 valence electrons. The highest BCUT2D eigenvalue weighted by atomic mass is 16.5. The number of rotatable bonds is 9. The van der Waals surface area contributed by atoms with Crippen molar-refractivity contribution >= 4 is 5.91 Å². The van der Waals surface area contributed by atoms with Crippen LogP contribution in [0.5, 0.6) is 17.2 Å². The number of hydrogen-bond acceptors (Lipinski definition) is 4. The largest absolute Gasteiger partial charge is 0.493 e. The third-order valence-electron chi connectivity index (χ3n) is 5.43. The van der Waals surface area contributed by atoms with Crippen LogP contribution in [0.15, 0.2) is 36.4 Å². The fraction of sp³-hybridized carbons (Fsp3) is 0.458. The lowest BCUT2D eigenvalue weighted by Crippen LogP contribution is -2.33. The first-order valence-electron chi connectivity index (χ1n) is 10.1. The lowest BCUT2D eigenvalue weighted by molar-refractivity contribution is -0.131. The van der Waals surface area contributed by atoms with Gasteiger partial charge in [-0.1, -0.05) is 44.2 Å². The molecule has 0 heterocycles. The molecule has 0 aliphatic heterocycles. The van der Waals surface area contributed by atoms with E-state index < -0.39 is 0 Å². The molecule has 0 saturated heterocycles. The summed E-state index contributed by atoms with van der Waals surface area (Å²) in [4.78, 5) is 15.2. The zero-order chi connectivity index (χ0) is 21.0. The summed E-state index contributed by atoms with van der Waals surface area (Å²) in [6.45, 7) is 5.01. The van der Waals surface area contributed by atoms with Crippen LogP contribution in [0.2, 0.25) is 0 Å². The smallest absolute Gasteiger partial charge is 0.227 e. The van der Waals surface area contributed by atoms with Crippen molar-refractivity contribution in [1.82, 2.24) is 4.90 Å².